The molecule has 0 atom stereocenters. The zero-order chi connectivity index (χ0) is 24.9. The number of pyridine rings is 2. The van der Waals surface area contributed by atoms with E-state index in [-0.39, 0.29) is 39.8 Å². The van der Waals surface area contributed by atoms with Crippen molar-refractivity contribution < 1.29 is 13.2 Å². The van der Waals surface area contributed by atoms with Crippen LogP contribution in [0.5, 0.6) is 0 Å². The minimum atomic E-state index is -4.93. The molecule has 0 aromatic carbocycles. The first kappa shape index (κ1) is 23.6. The van der Waals surface area contributed by atoms with E-state index in [1.54, 1.807) is 0 Å². The lowest BCUT2D eigenvalue weighted by Crippen LogP contribution is -2.24. The number of nitriles is 1. The molecule has 14 heteroatoms. The highest BCUT2D eigenvalue weighted by Gasteiger charge is 2.37. The fraction of sp³-hybridized carbons (Fsp3) is 0.0500. The average molecular weight is 467 g/mol. The summed E-state index contributed by atoms with van der Waals surface area (Å²) in [6, 6.07) is 4.45. The third kappa shape index (κ3) is 4.88. The molecule has 3 aromatic rings. The zero-order valence-electron chi connectivity index (χ0n) is 17.2. The summed E-state index contributed by atoms with van der Waals surface area (Å²) >= 11 is 0. The van der Waals surface area contributed by atoms with E-state index in [4.69, 9.17) is 16.6 Å². The summed E-state index contributed by atoms with van der Waals surface area (Å²) in [7, 11) is 0. The molecular weight excluding hydrogens is 451 g/mol. The number of halogens is 3. The van der Waals surface area contributed by atoms with Gasteiger partial charge in [-0.2, -0.15) is 28.6 Å². The van der Waals surface area contributed by atoms with Crippen molar-refractivity contribution in [3.05, 3.63) is 71.7 Å². The van der Waals surface area contributed by atoms with Crippen LogP contribution in [0.1, 0.15) is 11.3 Å². The molecule has 3 aromatic heterocycles. The second-order valence-electron chi connectivity index (χ2n) is 6.49. The number of alkyl halides is 3. The van der Waals surface area contributed by atoms with Crippen LogP contribution in [0.15, 0.2) is 60.5 Å². The highest BCUT2D eigenvalue weighted by molar-refractivity contribution is 5.90. The summed E-state index contributed by atoms with van der Waals surface area (Å²) < 4.78 is 41.8. The Balaban J connectivity index is 1.98. The maximum Gasteiger partial charge on any atom is 0.431 e. The maximum atomic E-state index is 13.9. The molecule has 0 saturated carbocycles. The Hall–Kier alpha value is -5.06. The van der Waals surface area contributed by atoms with Gasteiger partial charge in [0.25, 0.3) is 0 Å². The van der Waals surface area contributed by atoms with Gasteiger partial charge < -0.3 is 27.2 Å². The molecule has 0 aliphatic carbocycles. The minimum Gasteiger partial charge on any atom is -0.395 e. The fourth-order valence-corrected chi connectivity index (χ4v) is 2.78. The maximum absolute atomic E-state index is 13.9. The molecular formula is C20H16F3N11. The summed E-state index contributed by atoms with van der Waals surface area (Å²) in [6.07, 6.45) is 1.58. The van der Waals surface area contributed by atoms with Crippen molar-refractivity contribution in [3.8, 4) is 11.9 Å². The molecule has 6 N–H and O–H groups in total. The molecule has 3 rings (SSSR count). The van der Waals surface area contributed by atoms with Gasteiger partial charge in [-0.15, -0.1) is 4.80 Å². The summed E-state index contributed by atoms with van der Waals surface area (Å²) in [5, 5.41) is 36.8. The van der Waals surface area contributed by atoms with Gasteiger partial charge in [-0.1, -0.05) is 6.58 Å². The van der Waals surface area contributed by atoms with Gasteiger partial charge in [-0.25, -0.2) is 4.98 Å². The van der Waals surface area contributed by atoms with Crippen LogP contribution in [-0.4, -0.2) is 43.6 Å². The summed E-state index contributed by atoms with van der Waals surface area (Å²) in [5.74, 6) is 0.124. The highest BCUT2D eigenvalue weighted by Crippen LogP contribution is 2.33. The van der Waals surface area contributed by atoms with E-state index in [0.29, 0.717) is 6.21 Å². The van der Waals surface area contributed by atoms with E-state index in [1.807, 2.05) is 6.07 Å². The number of allylic oxidation sites excluding steroid dienone is 2. The SMILES string of the molecule is C=C(Nc1cnc(-n2nccn2)c(C#N)c1)/C(C=N)=C(/Nc1ccnc(C=N)c1N)C(F)(F)F. The van der Waals surface area contributed by atoms with Crippen LogP contribution in [0, 0.1) is 22.1 Å². The Morgan fingerprint density at radius 3 is 2.47 bits per heavy atom. The summed E-state index contributed by atoms with van der Waals surface area (Å²) in [4.78, 5) is 9.00. The Morgan fingerprint density at radius 1 is 1.18 bits per heavy atom. The minimum absolute atomic E-state index is 0.0262. The molecule has 0 fully saturated rings. The van der Waals surface area contributed by atoms with Crippen LogP contribution in [0.3, 0.4) is 0 Å². The molecule has 0 aliphatic heterocycles. The number of nitrogen functional groups attached to an aromatic ring is 1. The van der Waals surface area contributed by atoms with Crippen LogP contribution >= 0.6 is 0 Å². The molecule has 0 unspecified atom stereocenters. The van der Waals surface area contributed by atoms with Gasteiger partial charge >= 0.3 is 6.18 Å². The van der Waals surface area contributed by atoms with Crippen LogP contribution < -0.4 is 16.4 Å². The number of anilines is 3. The molecule has 0 radical (unpaired) electrons. The Morgan fingerprint density at radius 2 is 1.88 bits per heavy atom. The van der Waals surface area contributed by atoms with E-state index in [9.17, 15) is 18.4 Å². The van der Waals surface area contributed by atoms with Gasteiger partial charge in [-0.05, 0) is 12.1 Å². The third-order valence-electron chi connectivity index (χ3n) is 4.33. The molecule has 11 nitrogen and oxygen atoms in total. The van der Waals surface area contributed by atoms with E-state index < -0.39 is 17.4 Å². The molecule has 34 heavy (non-hydrogen) atoms. The first-order valence-corrected chi connectivity index (χ1v) is 9.26. The monoisotopic (exact) mass is 467 g/mol. The number of hydrogen-bond donors (Lipinski definition) is 5. The standard InChI is InChI=1S/C20H16F3N11/c1-11(32-13-6-12(7-24)19(29-10-13)34-30-4-5-31-34)14(8-25)18(20(21,22)23)33-15-2-3-28-16(9-26)17(15)27/h2-6,8-10,25-26,32H,1,27H2,(H,28,33)/b18-14+,25-8?,26-9?. The average Bonchev–Trinajstić information content (AvgIpc) is 3.34. The van der Waals surface area contributed by atoms with Gasteiger partial charge in [0.05, 0.1) is 35.7 Å². The Bertz CT molecular complexity index is 1320. The fourth-order valence-electron chi connectivity index (χ4n) is 2.78. The normalized spacial score (nSPS) is 11.7. The smallest absolute Gasteiger partial charge is 0.395 e. The molecule has 0 spiro atoms. The topological polar surface area (TPSA) is 178 Å². The number of nitrogens with two attached hydrogens (primary N) is 1. The molecule has 0 aliphatic rings. The highest BCUT2D eigenvalue weighted by atomic mass is 19.4. The van der Waals surface area contributed by atoms with Crippen LogP contribution in [0.4, 0.5) is 30.2 Å². The van der Waals surface area contributed by atoms with Gasteiger partial charge in [0.15, 0.2) is 5.82 Å². The second kappa shape index (κ2) is 9.61. The van der Waals surface area contributed by atoms with Crippen molar-refractivity contribution in [1.82, 2.24) is 25.0 Å². The van der Waals surface area contributed by atoms with Crippen LogP contribution in [0.2, 0.25) is 0 Å². The molecule has 0 bridgehead atoms. The summed E-state index contributed by atoms with van der Waals surface area (Å²) in [5.41, 5.74) is 3.39. The Kier molecular flexibility index (Phi) is 6.67. The van der Waals surface area contributed by atoms with Crippen molar-refractivity contribution in [2.45, 2.75) is 6.18 Å². The quantitative estimate of drug-likeness (QED) is 0.248. The van der Waals surface area contributed by atoms with Crippen molar-refractivity contribution in [2.75, 3.05) is 16.4 Å². The van der Waals surface area contributed by atoms with Crippen LogP contribution in [0.25, 0.3) is 5.82 Å². The Labute approximate surface area is 190 Å². The molecule has 0 amide bonds. The lowest BCUT2D eigenvalue weighted by Gasteiger charge is -2.20. The van der Waals surface area contributed by atoms with Crippen molar-refractivity contribution in [1.29, 1.82) is 16.1 Å². The predicted molar refractivity (Wildman–Crippen MR) is 119 cm³/mol. The number of nitrogens with zero attached hydrogens (tertiary/aromatic N) is 6. The van der Waals surface area contributed by atoms with E-state index >= 15 is 0 Å². The summed E-state index contributed by atoms with van der Waals surface area (Å²) in [6.45, 7) is 3.60. The lowest BCUT2D eigenvalue weighted by molar-refractivity contribution is -0.0906. The first-order chi connectivity index (χ1) is 16.2. The van der Waals surface area contributed by atoms with E-state index in [2.05, 4.69) is 37.4 Å². The van der Waals surface area contributed by atoms with Crippen molar-refractivity contribution in [2.24, 2.45) is 0 Å². The first-order valence-electron chi connectivity index (χ1n) is 9.26. The van der Waals surface area contributed by atoms with Crippen molar-refractivity contribution >= 4 is 29.5 Å². The molecule has 0 saturated heterocycles. The van der Waals surface area contributed by atoms with E-state index in [1.165, 1.54) is 36.9 Å². The van der Waals surface area contributed by atoms with Gasteiger partial charge in [0, 0.05) is 29.9 Å². The van der Waals surface area contributed by atoms with Crippen LogP contribution in [-0.2, 0) is 0 Å². The zero-order valence-corrected chi connectivity index (χ0v) is 17.2. The van der Waals surface area contributed by atoms with E-state index in [0.717, 1.165) is 11.0 Å². The number of aromatic nitrogens is 5. The predicted octanol–water partition coefficient (Wildman–Crippen LogP) is 3.01. The second-order valence-corrected chi connectivity index (χ2v) is 6.49. The van der Waals surface area contributed by atoms with Gasteiger partial charge in [0.2, 0.25) is 0 Å². The largest absolute Gasteiger partial charge is 0.431 e. The number of nitrogens with one attached hydrogen (secondary N) is 4. The number of hydrogen-bond acceptors (Lipinski definition) is 10. The lowest BCUT2D eigenvalue weighted by atomic mass is 10.1. The number of rotatable bonds is 8. The van der Waals surface area contributed by atoms with Gasteiger partial charge in [-0.3, -0.25) is 4.98 Å². The molecule has 172 valence electrons. The third-order valence-corrected chi connectivity index (χ3v) is 4.33. The molecule has 3 heterocycles. The van der Waals surface area contributed by atoms with Gasteiger partial charge in [0.1, 0.15) is 23.0 Å². The van der Waals surface area contributed by atoms with Crippen molar-refractivity contribution in [3.63, 3.8) is 0 Å².